The van der Waals surface area contributed by atoms with Crippen molar-refractivity contribution < 1.29 is 32.4 Å². The number of benzene rings is 2. The van der Waals surface area contributed by atoms with Crippen LogP contribution in [0.5, 0.6) is 0 Å². The highest BCUT2D eigenvalue weighted by molar-refractivity contribution is 8.01. The van der Waals surface area contributed by atoms with Crippen molar-refractivity contribution in [2.75, 3.05) is 11.9 Å². The molecule has 1 aromatic heterocycles. The minimum atomic E-state index is -4.69. The van der Waals surface area contributed by atoms with Gasteiger partial charge in [-0.2, -0.15) is 13.2 Å². The van der Waals surface area contributed by atoms with Crippen LogP contribution in [0.1, 0.15) is 21.6 Å². The Morgan fingerprint density at radius 3 is 2.61 bits per heavy atom. The van der Waals surface area contributed by atoms with Crippen LogP contribution in [-0.4, -0.2) is 28.4 Å². The number of aryl methyl sites for hydroxylation is 1. The molecule has 1 amide bonds. The van der Waals surface area contributed by atoms with E-state index < -0.39 is 40.8 Å². The predicted molar refractivity (Wildman–Crippen MR) is 114 cm³/mol. The van der Waals surface area contributed by atoms with E-state index in [0.717, 1.165) is 35.7 Å². The summed E-state index contributed by atoms with van der Waals surface area (Å²) in [7, 11) is 0. The molecule has 0 unspecified atom stereocenters. The fourth-order valence-electron chi connectivity index (χ4n) is 2.59. The van der Waals surface area contributed by atoms with Crippen LogP contribution in [0.15, 0.2) is 57.1 Å². The van der Waals surface area contributed by atoms with Crippen molar-refractivity contribution in [3.05, 3.63) is 74.8 Å². The number of anilines is 1. The predicted octanol–water partition coefficient (Wildman–Crippen LogP) is 5.33. The Hall–Kier alpha value is -3.45. The topological polar surface area (TPSA) is 111 Å². The Balaban J connectivity index is 1.75. The number of hydrogen-bond donors (Lipinski definition) is 1. The molecule has 0 saturated carbocycles. The number of esters is 1. The van der Waals surface area contributed by atoms with E-state index in [2.05, 4.69) is 10.3 Å². The van der Waals surface area contributed by atoms with Crippen LogP contribution in [-0.2, 0) is 15.7 Å². The number of para-hydroxylation sites is 1. The maximum Gasteiger partial charge on any atom is 0.418 e. The minimum absolute atomic E-state index is 0.175. The van der Waals surface area contributed by atoms with E-state index >= 15 is 0 Å². The number of hydrogen-bond acceptors (Lipinski definition) is 8. The Labute approximate surface area is 192 Å². The Kier molecular flexibility index (Phi) is 7.33. The molecule has 0 aliphatic heterocycles. The molecular formula is C20H14F3N3O5S2. The molecule has 0 saturated heterocycles. The summed E-state index contributed by atoms with van der Waals surface area (Å²) in [5.41, 5.74) is -1.34. The fourth-order valence-corrected chi connectivity index (χ4v) is 4.48. The van der Waals surface area contributed by atoms with Crippen LogP contribution in [0.25, 0.3) is 0 Å². The van der Waals surface area contributed by atoms with E-state index in [1.807, 2.05) is 0 Å². The standard InChI is InChI=1S/C20H14F3N3O5S2/c1-11-10-32-19(24-11)33-16-7-6-12(26(29)30)8-13(16)18(28)31-9-17(27)25-15-5-3-2-4-14(15)20(21,22)23/h2-8,10H,9H2,1H3,(H,25,27). The van der Waals surface area contributed by atoms with Gasteiger partial charge in [-0.05, 0) is 25.1 Å². The van der Waals surface area contributed by atoms with Crippen LogP contribution in [0.2, 0.25) is 0 Å². The highest BCUT2D eigenvalue weighted by atomic mass is 32.2. The van der Waals surface area contributed by atoms with Gasteiger partial charge in [-0.15, -0.1) is 11.3 Å². The number of carbonyl (C=O) groups excluding carboxylic acids is 2. The van der Waals surface area contributed by atoms with Crippen LogP contribution < -0.4 is 5.32 Å². The van der Waals surface area contributed by atoms with Gasteiger partial charge in [0.25, 0.3) is 11.6 Å². The number of non-ortho nitro benzene ring substituents is 1. The third-order valence-corrected chi connectivity index (χ3v) is 6.16. The second-order valence-electron chi connectivity index (χ2n) is 6.46. The highest BCUT2D eigenvalue weighted by Gasteiger charge is 2.33. The largest absolute Gasteiger partial charge is 0.452 e. The lowest BCUT2D eigenvalue weighted by molar-refractivity contribution is -0.384. The number of nitrogens with one attached hydrogen (secondary N) is 1. The zero-order chi connectivity index (χ0) is 24.2. The molecule has 1 N–H and O–H groups in total. The van der Waals surface area contributed by atoms with E-state index in [-0.39, 0.29) is 11.3 Å². The highest BCUT2D eigenvalue weighted by Crippen LogP contribution is 2.35. The van der Waals surface area contributed by atoms with Gasteiger partial charge in [-0.1, -0.05) is 23.9 Å². The van der Waals surface area contributed by atoms with Gasteiger partial charge in [-0.3, -0.25) is 14.9 Å². The summed E-state index contributed by atoms with van der Waals surface area (Å²) >= 11 is 2.39. The van der Waals surface area contributed by atoms with E-state index in [1.54, 1.807) is 12.3 Å². The van der Waals surface area contributed by atoms with Gasteiger partial charge in [-0.25, -0.2) is 9.78 Å². The number of thiazole rings is 1. The number of nitrogens with zero attached hydrogens (tertiary/aromatic N) is 2. The quantitative estimate of drug-likeness (QED) is 0.267. The summed E-state index contributed by atoms with van der Waals surface area (Å²) in [5, 5.41) is 15.0. The van der Waals surface area contributed by atoms with E-state index in [9.17, 15) is 32.9 Å². The summed E-state index contributed by atoms with van der Waals surface area (Å²) in [6.07, 6.45) is -4.69. The van der Waals surface area contributed by atoms with E-state index in [1.165, 1.54) is 35.6 Å². The zero-order valence-corrected chi connectivity index (χ0v) is 18.3. The smallest absolute Gasteiger partial charge is 0.418 e. The number of nitro groups is 1. The number of rotatable bonds is 7. The minimum Gasteiger partial charge on any atom is -0.452 e. The molecule has 33 heavy (non-hydrogen) atoms. The fraction of sp³-hybridized carbons (Fsp3) is 0.150. The van der Waals surface area contributed by atoms with Gasteiger partial charge < -0.3 is 10.1 Å². The molecule has 0 spiro atoms. The van der Waals surface area contributed by atoms with Gasteiger partial charge in [0.05, 0.1) is 21.7 Å². The number of ether oxygens (including phenoxy) is 1. The van der Waals surface area contributed by atoms with E-state index in [0.29, 0.717) is 9.24 Å². The lowest BCUT2D eigenvalue weighted by Crippen LogP contribution is -2.23. The Morgan fingerprint density at radius 2 is 1.97 bits per heavy atom. The molecule has 3 rings (SSSR count). The number of amides is 1. The first-order chi connectivity index (χ1) is 15.5. The van der Waals surface area contributed by atoms with Gasteiger partial charge in [0.1, 0.15) is 0 Å². The molecule has 0 bridgehead atoms. The van der Waals surface area contributed by atoms with Crippen molar-refractivity contribution >= 4 is 46.3 Å². The molecule has 8 nitrogen and oxygen atoms in total. The van der Waals surface area contributed by atoms with Gasteiger partial charge in [0, 0.05) is 28.1 Å². The lowest BCUT2D eigenvalue weighted by atomic mass is 10.1. The van der Waals surface area contributed by atoms with Crippen molar-refractivity contribution in [3.63, 3.8) is 0 Å². The summed E-state index contributed by atoms with van der Waals surface area (Å²) in [5.74, 6) is -2.05. The maximum atomic E-state index is 13.1. The molecule has 0 aliphatic carbocycles. The molecular weight excluding hydrogens is 483 g/mol. The van der Waals surface area contributed by atoms with Gasteiger partial charge in [0.15, 0.2) is 10.9 Å². The second-order valence-corrected chi connectivity index (χ2v) is 8.61. The van der Waals surface area contributed by atoms with E-state index in [4.69, 9.17) is 4.74 Å². The first-order valence-electron chi connectivity index (χ1n) is 9.06. The van der Waals surface area contributed by atoms with Crippen LogP contribution in [0.4, 0.5) is 24.5 Å². The van der Waals surface area contributed by atoms with Crippen LogP contribution >= 0.6 is 23.1 Å². The van der Waals surface area contributed by atoms with Crippen molar-refractivity contribution in [3.8, 4) is 0 Å². The number of halogens is 3. The molecule has 172 valence electrons. The molecule has 13 heteroatoms. The summed E-state index contributed by atoms with van der Waals surface area (Å²) in [4.78, 5) is 39.7. The first-order valence-corrected chi connectivity index (χ1v) is 10.8. The Bertz CT molecular complexity index is 1210. The number of aromatic nitrogens is 1. The van der Waals surface area contributed by atoms with Crippen molar-refractivity contribution in [1.29, 1.82) is 0 Å². The third-order valence-electron chi connectivity index (χ3n) is 4.03. The zero-order valence-electron chi connectivity index (χ0n) is 16.7. The lowest BCUT2D eigenvalue weighted by Gasteiger charge is -2.13. The van der Waals surface area contributed by atoms with Crippen LogP contribution in [0, 0.1) is 17.0 Å². The van der Waals surface area contributed by atoms with Gasteiger partial charge >= 0.3 is 12.1 Å². The third kappa shape index (κ3) is 6.29. The number of alkyl halides is 3. The molecule has 1 heterocycles. The molecule has 0 aliphatic rings. The van der Waals surface area contributed by atoms with Crippen molar-refractivity contribution in [2.45, 2.75) is 22.3 Å². The average molecular weight is 497 g/mol. The van der Waals surface area contributed by atoms with Crippen LogP contribution in [0.3, 0.4) is 0 Å². The normalized spacial score (nSPS) is 11.2. The molecule has 0 atom stereocenters. The number of carbonyl (C=O) groups is 2. The SMILES string of the molecule is Cc1csc(Sc2ccc([N+](=O)[O-])cc2C(=O)OCC(=O)Nc2ccccc2C(F)(F)F)n1. The monoisotopic (exact) mass is 497 g/mol. The first kappa shape index (κ1) is 24.2. The Morgan fingerprint density at radius 1 is 1.24 bits per heavy atom. The van der Waals surface area contributed by atoms with Crippen molar-refractivity contribution in [1.82, 2.24) is 4.98 Å². The molecule has 0 radical (unpaired) electrons. The summed E-state index contributed by atoms with van der Waals surface area (Å²) in [6.45, 7) is 0.884. The van der Waals surface area contributed by atoms with Gasteiger partial charge in [0.2, 0.25) is 0 Å². The average Bonchev–Trinajstić information content (AvgIpc) is 3.16. The molecule has 0 fully saturated rings. The molecule has 3 aromatic rings. The summed E-state index contributed by atoms with van der Waals surface area (Å²) < 4.78 is 44.7. The maximum absolute atomic E-state index is 13.1. The molecule has 2 aromatic carbocycles. The second kappa shape index (κ2) is 10.0. The van der Waals surface area contributed by atoms with Crippen molar-refractivity contribution in [2.24, 2.45) is 0 Å². The summed E-state index contributed by atoms with van der Waals surface area (Å²) in [6, 6.07) is 7.91. The number of nitro benzene ring substituents is 1.